The quantitative estimate of drug-likeness (QED) is 0.199. The molecule has 1 saturated carbocycles. The van der Waals surface area contributed by atoms with Crippen molar-refractivity contribution in [2.24, 2.45) is 5.92 Å². The highest BCUT2D eigenvalue weighted by Gasteiger charge is 2.38. The van der Waals surface area contributed by atoms with Crippen LogP contribution < -0.4 is 10.6 Å². The molecule has 1 aliphatic carbocycles. The van der Waals surface area contributed by atoms with Crippen molar-refractivity contribution in [1.82, 2.24) is 19.9 Å². The van der Waals surface area contributed by atoms with Gasteiger partial charge in [0.25, 0.3) is 0 Å². The Balaban J connectivity index is 1.48. The van der Waals surface area contributed by atoms with Crippen molar-refractivity contribution in [3.63, 3.8) is 0 Å². The number of furan rings is 1. The van der Waals surface area contributed by atoms with Crippen molar-refractivity contribution in [2.75, 3.05) is 24.4 Å². The van der Waals surface area contributed by atoms with Gasteiger partial charge in [0.05, 0.1) is 42.4 Å². The van der Waals surface area contributed by atoms with Crippen molar-refractivity contribution in [3.8, 4) is 11.3 Å². The van der Waals surface area contributed by atoms with Gasteiger partial charge < -0.3 is 34.7 Å². The second-order valence-electron chi connectivity index (χ2n) is 10.3. The molecule has 0 amide bonds. The molecule has 208 valence electrons. The maximum atomic E-state index is 10.2. The Kier molecular flexibility index (Phi) is 8.10. The van der Waals surface area contributed by atoms with Gasteiger partial charge in [0, 0.05) is 42.6 Å². The molecule has 4 aromatic rings. The minimum absolute atomic E-state index is 0.0322. The van der Waals surface area contributed by atoms with Crippen LogP contribution in [0.4, 0.5) is 11.8 Å². The highest BCUT2D eigenvalue weighted by molar-refractivity contribution is 7.09. The summed E-state index contributed by atoms with van der Waals surface area (Å²) < 4.78 is 17.3. The number of aryl methyl sites for hydroxylation is 1. The highest BCUT2D eigenvalue weighted by Crippen LogP contribution is 2.38. The molecular formula is C27H34N6O5S. The molecule has 4 aromatic heterocycles. The molecule has 0 unspecified atom stereocenters. The van der Waals surface area contributed by atoms with Gasteiger partial charge in [-0.05, 0) is 45.7 Å². The fraction of sp³-hybridized carbons (Fsp3) is 0.481. The number of nitrogens with zero attached hydrogens (tertiary/aromatic N) is 4. The number of nitrogens with one attached hydrogen (secondary N) is 2. The second-order valence-corrected chi connectivity index (χ2v) is 11.2. The molecule has 1 fully saturated rings. The van der Waals surface area contributed by atoms with Gasteiger partial charge in [-0.1, -0.05) is 0 Å². The predicted molar refractivity (Wildman–Crippen MR) is 148 cm³/mol. The Morgan fingerprint density at radius 2 is 2.05 bits per heavy atom. The maximum absolute atomic E-state index is 10.2. The first kappa shape index (κ1) is 27.4. The van der Waals surface area contributed by atoms with Crippen molar-refractivity contribution in [3.05, 3.63) is 46.3 Å². The third kappa shape index (κ3) is 6.53. The molecule has 11 nitrogen and oxygen atoms in total. The fourth-order valence-electron chi connectivity index (χ4n) is 4.99. The van der Waals surface area contributed by atoms with E-state index in [0.29, 0.717) is 49.1 Å². The lowest BCUT2D eigenvalue weighted by Gasteiger charge is -2.26. The van der Waals surface area contributed by atoms with Crippen LogP contribution >= 0.6 is 11.3 Å². The van der Waals surface area contributed by atoms with Gasteiger partial charge in [-0.2, -0.15) is 4.98 Å². The summed E-state index contributed by atoms with van der Waals surface area (Å²) in [5.74, 6) is 0.294. The third-order valence-electron chi connectivity index (χ3n) is 6.62. The SMILES string of the molecule is COCc1cc2cc(-c3c(C)nc(NCc4nccs4)nc3N[C@@H]3C[C@H](CO)[C@@H](OC(C)(C)O)C3)oc2cn1. The number of rotatable bonds is 11. The zero-order valence-electron chi connectivity index (χ0n) is 22.5. The number of fused-ring (bicyclic) bond motifs is 1. The lowest BCUT2D eigenvalue weighted by Crippen LogP contribution is -2.33. The Bertz CT molecular complexity index is 1400. The number of anilines is 2. The number of hydrogen-bond acceptors (Lipinski definition) is 12. The van der Waals surface area contributed by atoms with Crippen LogP contribution in [0.1, 0.15) is 43.1 Å². The number of hydrogen-bond donors (Lipinski definition) is 4. The summed E-state index contributed by atoms with van der Waals surface area (Å²) in [7, 11) is 1.64. The average Bonchev–Trinajstić information content (AvgIpc) is 3.61. The normalized spacial score (nSPS) is 19.6. The van der Waals surface area contributed by atoms with Crippen LogP contribution in [0, 0.1) is 12.8 Å². The van der Waals surface area contributed by atoms with E-state index in [1.54, 1.807) is 44.7 Å². The number of aliphatic hydroxyl groups is 2. The smallest absolute Gasteiger partial charge is 0.225 e. The average molecular weight is 555 g/mol. The maximum Gasteiger partial charge on any atom is 0.225 e. The number of pyridine rings is 1. The summed E-state index contributed by atoms with van der Waals surface area (Å²) >= 11 is 1.56. The molecule has 3 atom stereocenters. The van der Waals surface area contributed by atoms with Gasteiger partial charge >= 0.3 is 0 Å². The van der Waals surface area contributed by atoms with Crippen LogP contribution in [-0.2, 0) is 22.6 Å². The van der Waals surface area contributed by atoms with Gasteiger partial charge in [-0.3, -0.25) is 4.98 Å². The lowest BCUT2D eigenvalue weighted by molar-refractivity contribution is -0.214. The van der Waals surface area contributed by atoms with Crippen molar-refractivity contribution < 1.29 is 24.1 Å². The minimum atomic E-state index is -1.29. The molecule has 4 heterocycles. The van der Waals surface area contributed by atoms with E-state index in [0.717, 1.165) is 27.3 Å². The minimum Gasteiger partial charge on any atom is -0.454 e. The van der Waals surface area contributed by atoms with E-state index < -0.39 is 5.79 Å². The van der Waals surface area contributed by atoms with Crippen molar-refractivity contribution >= 4 is 34.1 Å². The molecule has 12 heteroatoms. The van der Waals surface area contributed by atoms with Crippen LogP contribution in [0.3, 0.4) is 0 Å². The Morgan fingerprint density at radius 1 is 1.21 bits per heavy atom. The molecule has 0 radical (unpaired) electrons. The van der Waals surface area contributed by atoms with Crippen LogP contribution in [0.2, 0.25) is 0 Å². The molecule has 0 aromatic carbocycles. The highest BCUT2D eigenvalue weighted by atomic mass is 32.1. The Morgan fingerprint density at radius 3 is 2.77 bits per heavy atom. The molecule has 4 N–H and O–H groups in total. The summed E-state index contributed by atoms with van der Waals surface area (Å²) in [5, 5.41) is 30.8. The van der Waals surface area contributed by atoms with Gasteiger partial charge in [-0.25, -0.2) is 9.97 Å². The third-order valence-corrected chi connectivity index (χ3v) is 7.40. The fourth-order valence-corrected chi connectivity index (χ4v) is 5.55. The molecule has 39 heavy (non-hydrogen) atoms. The summed E-state index contributed by atoms with van der Waals surface area (Å²) in [4.78, 5) is 18.3. The first-order chi connectivity index (χ1) is 18.7. The first-order valence-corrected chi connectivity index (χ1v) is 13.8. The molecule has 0 spiro atoms. The molecular weight excluding hydrogens is 520 g/mol. The van der Waals surface area contributed by atoms with E-state index in [1.807, 2.05) is 24.4 Å². The number of ether oxygens (including phenoxy) is 2. The van der Waals surface area contributed by atoms with Gasteiger partial charge in [0.1, 0.15) is 16.6 Å². The number of methoxy groups -OCH3 is 1. The Hall–Kier alpha value is -3.16. The van der Waals surface area contributed by atoms with Gasteiger partial charge in [-0.15, -0.1) is 11.3 Å². The van der Waals surface area contributed by atoms with E-state index in [-0.39, 0.29) is 24.7 Å². The Labute approximate surface area is 230 Å². The zero-order valence-corrected chi connectivity index (χ0v) is 23.3. The molecule has 0 aliphatic heterocycles. The number of aliphatic hydroxyl groups excluding tert-OH is 1. The van der Waals surface area contributed by atoms with Gasteiger partial charge in [0.15, 0.2) is 11.4 Å². The molecule has 0 bridgehead atoms. The zero-order chi connectivity index (χ0) is 27.6. The number of thiazole rings is 1. The topological polar surface area (TPSA) is 148 Å². The summed E-state index contributed by atoms with van der Waals surface area (Å²) in [5.41, 5.74) is 2.94. The predicted octanol–water partition coefficient (Wildman–Crippen LogP) is 4.10. The van der Waals surface area contributed by atoms with Crippen molar-refractivity contribution in [2.45, 2.75) is 64.7 Å². The van der Waals surface area contributed by atoms with Crippen LogP contribution in [-0.4, -0.2) is 61.8 Å². The van der Waals surface area contributed by atoms with E-state index in [1.165, 1.54) is 0 Å². The van der Waals surface area contributed by atoms with Gasteiger partial charge in [0.2, 0.25) is 5.95 Å². The van der Waals surface area contributed by atoms with Crippen LogP contribution in [0.25, 0.3) is 22.3 Å². The van der Waals surface area contributed by atoms with E-state index >= 15 is 0 Å². The lowest BCUT2D eigenvalue weighted by atomic mass is 10.1. The standard InChI is InChI=1S/C27H34N6O5S/c1-15-24(21-9-16-7-19(14-36-4)29-11-22(16)37-21)25(33-26(31-15)30-12-23-28-5-6-39-23)32-18-8-17(13-34)20(10-18)38-27(2,3)35/h5-7,9,11,17-18,20,34-35H,8,10,12-14H2,1-4H3,(H2,30,31,32,33)/t17-,18-,20+/m1/s1. The first-order valence-electron chi connectivity index (χ1n) is 12.9. The monoisotopic (exact) mass is 554 g/mol. The van der Waals surface area contributed by atoms with E-state index in [2.05, 4.69) is 20.6 Å². The molecule has 5 rings (SSSR count). The van der Waals surface area contributed by atoms with E-state index in [9.17, 15) is 10.2 Å². The molecule has 0 saturated heterocycles. The number of aromatic nitrogens is 4. The van der Waals surface area contributed by atoms with Crippen LogP contribution in [0.15, 0.2) is 34.3 Å². The molecule has 1 aliphatic rings. The summed E-state index contributed by atoms with van der Waals surface area (Å²) in [6, 6.07) is 3.86. The van der Waals surface area contributed by atoms with Crippen LogP contribution in [0.5, 0.6) is 0 Å². The second kappa shape index (κ2) is 11.5. The summed E-state index contributed by atoms with van der Waals surface area (Å²) in [6.07, 6.45) is 4.43. The largest absolute Gasteiger partial charge is 0.454 e. The van der Waals surface area contributed by atoms with E-state index in [4.69, 9.17) is 23.9 Å². The van der Waals surface area contributed by atoms with Crippen molar-refractivity contribution in [1.29, 1.82) is 0 Å². The summed E-state index contributed by atoms with van der Waals surface area (Å²) in [6.45, 7) is 6.00.